The molecule has 7 heteroatoms. The minimum Gasteiger partial charge on any atom is -0.378 e. The Morgan fingerprint density at radius 2 is 1.76 bits per heavy atom. The molecular weight excluding hydrogens is 313 g/mol. The van der Waals surface area contributed by atoms with Gasteiger partial charge in [0.05, 0.1) is 16.3 Å². The molecule has 0 atom stereocenters. The van der Waals surface area contributed by atoms with Crippen LogP contribution in [0.1, 0.15) is 11.1 Å². The van der Waals surface area contributed by atoms with Crippen LogP contribution < -0.4 is 5.32 Å². The maximum Gasteiger partial charge on any atom is 0.416 e. The van der Waals surface area contributed by atoms with Crippen LogP contribution in [0, 0.1) is 11.6 Å². The minimum atomic E-state index is -4.58. The van der Waals surface area contributed by atoms with E-state index in [9.17, 15) is 22.0 Å². The van der Waals surface area contributed by atoms with Gasteiger partial charge in [-0.3, -0.25) is 0 Å². The van der Waals surface area contributed by atoms with E-state index in [0.29, 0.717) is 18.2 Å². The molecule has 21 heavy (non-hydrogen) atoms. The molecule has 0 aromatic heterocycles. The van der Waals surface area contributed by atoms with E-state index in [1.807, 2.05) is 0 Å². The monoisotopic (exact) mass is 321 g/mol. The highest BCUT2D eigenvalue weighted by molar-refractivity contribution is 6.30. The van der Waals surface area contributed by atoms with Gasteiger partial charge in [-0.2, -0.15) is 13.2 Å². The van der Waals surface area contributed by atoms with E-state index in [2.05, 4.69) is 5.32 Å². The lowest BCUT2D eigenvalue weighted by Gasteiger charge is -2.12. The van der Waals surface area contributed by atoms with Crippen LogP contribution in [0.15, 0.2) is 36.4 Å². The second-order valence-electron chi connectivity index (χ2n) is 4.26. The molecule has 1 nitrogen and oxygen atoms in total. The quantitative estimate of drug-likeness (QED) is 0.761. The predicted molar refractivity (Wildman–Crippen MR) is 70.1 cm³/mol. The van der Waals surface area contributed by atoms with Crippen molar-refractivity contribution in [3.63, 3.8) is 0 Å². The molecule has 0 aliphatic heterocycles. The second-order valence-corrected chi connectivity index (χ2v) is 4.67. The maximum atomic E-state index is 13.6. The zero-order valence-electron chi connectivity index (χ0n) is 10.4. The van der Waals surface area contributed by atoms with E-state index in [0.717, 1.165) is 0 Å². The molecule has 0 saturated heterocycles. The number of anilines is 1. The lowest BCUT2D eigenvalue weighted by molar-refractivity contribution is -0.137. The summed E-state index contributed by atoms with van der Waals surface area (Å²) in [5, 5.41) is 2.32. The summed E-state index contributed by atoms with van der Waals surface area (Å²) in [4.78, 5) is 0. The summed E-state index contributed by atoms with van der Waals surface area (Å²) in [7, 11) is 0. The number of alkyl halides is 3. The molecule has 2 aromatic carbocycles. The minimum absolute atomic E-state index is 0.112. The average Bonchev–Trinajstić information content (AvgIpc) is 2.40. The van der Waals surface area contributed by atoms with Crippen LogP contribution in [-0.2, 0) is 12.7 Å². The fraction of sp³-hybridized carbons (Fsp3) is 0.143. The van der Waals surface area contributed by atoms with Crippen LogP contribution in [-0.4, -0.2) is 0 Å². The fourth-order valence-electron chi connectivity index (χ4n) is 1.71. The highest BCUT2D eigenvalue weighted by atomic mass is 35.5. The number of hydrogen-bond donors (Lipinski definition) is 1. The molecule has 0 aliphatic rings. The lowest BCUT2D eigenvalue weighted by Crippen LogP contribution is -2.08. The number of halogens is 6. The first kappa shape index (κ1) is 15.6. The third-order valence-corrected chi connectivity index (χ3v) is 3.09. The first-order valence-corrected chi connectivity index (χ1v) is 6.20. The van der Waals surface area contributed by atoms with Gasteiger partial charge in [-0.05, 0) is 24.3 Å². The largest absolute Gasteiger partial charge is 0.416 e. The van der Waals surface area contributed by atoms with Crippen molar-refractivity contribution in [3.8, 4) is 0 Å². The molecule has 0 spiro atoms. The normalized spacial score (nSPS) is 11.5. The van der Waals surface area contributed by atoms with Crippen molar-refractivity contribution < 1.29 is 22.0 Å². The Bertz CT molecular complexity index is 654. The molecule has 2 aromatic rings. The van der Waals surface area contributed by atoms with Crippen LogP contribution in [0.25, 0.3) is 0 Å². The van der Waals surface area contributed by atoms with Gasteiger partial charge in [0, 0.05) is 12.1 Å². The van der Waals surface area contributed by atoms with E-state index in [4.69, 9.17) is 11.6 Å². The molecule has 0 radical (unpaired) electrons. The van der Waals surface area contributed by atoms with Gasteiger partial charge in [0.1, 0.15) is 11.6 Å². The Morgan fingerprint density at radius 3 is 2.43 bits per heavy atom. The molecule has 0 amide bonds. The molecule has 0 heterocycles. The number of nitrogens with one attached hydrogen (secondary N) is 1. The Kier molecular flexibility index (Phi) is 4.37. The SMILES string of the molecule is Fc1ccc(C(F)(F)F)cc1NCc1cccc(Cl)c1F. The summed E-state index contributed by atoms with van der Waals surface area (Å²) in [6.07, 6.45) is -4.58. The number of benzene rings is 2. The van der Waals surface area contributed by atoms with Gasteiger partial charge in [-0.25, -0.2) is 8.78 Å². The number of hydrogen-bond acceptors (Lipinski definition) is 1. The molecule has 0 fully saturated rings. The van der Waals surface area contributed by atoms with Crippen molar-refractivity contribution in [2.75, 3.05) is 5.32 Å². The van der Waals surface area contributed by atoms with Gasteiger partial charge >= 0.3 is 6.18 Å². The van der Waals surface area contributed by atoms with Crippen molar-refractivity contribution in [1.82, 2.24) is 0 Å². The second kappa shape index (κ2) is 5.89. The van der Waals surface area contributed by atoms with Gasteiger partial charge in [0.25, 0.3) is 0 Å². The molecule has 0 saturated carbocycles. The Balaban J connectivity index is 2.22. The van der Waals surface area contributed by atoms with Gasteiger partial charge in [-0.1, -0.05) is 23.7 Å². The fourth-order valence-corrected chi connectivity index (χ4v) is 1.91. The van der Waals surface area contributed by atoms with Crippen LogP contribution in [0.5, 0.6) is 0 Å². The topological polar surface area (TPSA) is 12.0 Å². The molecule has 2 rings (SSSR count). The lowest BCUT2D eigenvalue weighted by atomic mass is 10.1. The Morgan fingerprint density at radius 1 is 1.05 bits per heavy atom. The third-order valence-electron chi connectivity index (χ3n) is 2.79. The zero-order chi connectivity index (χ0) is 15.6. The van der Waals surface area contributed by atoms with Crippen molar-refractivity contribution in [2.45, 2.75) is 12.7 Å². The van der Waals surface area contributed by atoms with Gasteiger partial charge in [0.15, 0.2) is 0 Å². The summed E-state index contributed by atoms with van der Waals surface area (Å²) in [6, 6.07) is 6.22. The van der Waals surface area contributed by atoms with E-state index >= 15 is 0 Å². The zero-order valence-corrected chi connectivity index (χ0v) is 11.2. The first-order chi connectivity index (χ1) is 9.79. The highest BCUT2D eigenvalue weighted by Crippen LogP contribution is 2.32. The van der Waals surface area contributed by atoms with Gasteiger partial charge < -0.3 is 5.32 Å². The van der Waals surface area contributed by atoms with Crippen molar-refractivity contribution in [3.05, 3.63) is 64.2 Å². The molecule has 0 bridgehead atoms. The van der Waals surface area contributed by atoms with E-state index in [1.54, 1.807) is 0 Å². The average molecular weight is 322 g/mol. The van der Waals surface area contributed by atoms with Crippen molar-refractivity contribution in [1.29, 1.82) is 0 Å². The summed E-state index contributed by atoms with van der Waals surface area (Å²) in [5.74, 6) is -1.55. The van der Waals surface area contributed by atoms with Gasteiger partial charge in [-0.15, -0.1) is 0 Å². The smallest absolute Gasteiger partial charge is 0.378 e. The van der Waals surface area contributed by atoms with Crippen molar-refractivity contribution in [2.24, 2.45) is 0 Å². The molecule has 1 N–H and O–H groups in total. The standard InChI is InChI=1S/C14H9ClF5N/c15-10-3-1-2-8(13(10)17)7-21-12-6-9(14(18,19)20)4-5-11(12)16/h1-6,21H,7H2. The van der Waals surface area contributed by atoms with E-state index in [1.165, 1.54) is 18.2 Å². The number of rotatable bonds is 3. The summed E-state index contributed by atoms with van der Waals surface area (Å²) >= 11 is 5.59. The highest BCUT2D eigenvalue weighted by Gasteiger charge is 2.31. The van der Waals surface area contributed by atoms with Crippen LogP contribution in [0.3, 0.4) is 0 Å². The maximum absolute atomic E-state index is 13.6. The van der Waals surface area contributed by atoms with Crippen molar-refractivity contribution >= 4 is 17.3 Å². The molecule has 0 aliphatic carbocycles. The summed E-state index contributed by atoms with van der Waals surface area (Å²) < 4.78 is 64.8. The summed E-state index contributed by atoms with van der Waals surface area (Å²) in [6.45, 7) is -0.190. The van der Waals surface area contributed by atoms with E-state index in [-0.39, 0.29) is 22.8 Å². The first-order valence-electron chi connectivity index (χ1n) is 5.82. The Labute approximate surface area is 122 Å². The van der Waals surface area contributed by atoms with Crippen LogP contribution >= 0.6 is 11.6 Å². The van der Waals surface area contributed by atoms with E-state index < -0.39 is 23.4 Å². The molecule has 0 unspecified atom stereocenters. The molecular formula is C14H9ClF5N. The predicted octanol–water partition coefficient (Wildman–Crippen LogP) is 5.25. The van der Waals surface area contributed by atoms with Crippen LogP contribution in [0.2, 0.25) is 5.02 Å². The molecule has 112 valence electrons. The Hall–Kier alpha value is -1.82. The summed E-state index contributed by atoms with van der Waals surface area (Å²) in [5.41, 5.74) is -1.22. The van der Waals surface area contributed by atoms with Crippen LogP contribution in [0.4, 0.5) is 27.6 Å². The van der Waals surface area contributed by atoms with Gasteiger partial charge in [0.2, 0.25) is 0 Å². The third kappa shape index (κ3) is 3.64.